The molecule has 0 fully saturated rings. The molecular weight excluding hydrogens is 140 g/mol. The highest BCUT2D eigenvalue weighted by atomic mass is 16.7. The van der Waals surface area contributed by atoms with Gasteiger partial charge in [-0.15, -0.1) is 0 Å². The van der Waals surface area contributed by atoms with Crippen LogP contribution in [0.15, 0.2) is 0 Å². The molecule has 0 atom stereocenters. The van der Waals surface area contributed by atoms with Crippen molar-refractivity contribution in [2.45, 2.75) is 0 Å². The molecule has 10 heavy (non-hydrogen) atoms. The predicted molar refractivity (Wildman–Crippen MR) is 30.7 cm³/mol. The summed E-state index contributed by atoms with van der Waals surface area (Å²) < 4.78 is 8.27. The van der Waals surface area contributed by atoms with E-state index in [1.165, 1.54) is 0 Å². The van der Waals surface area contributed by atoms with Crippen molar-refractivity contribution >= 4 is 12.1 Å². The first kappa shape index (κ1) is 8.70. The number of carbonyl (C=O) groups is 2. The van der Waals surface area contributed by atoms with E-state index in [1.807, 2.05) is 0 Å². The number of esters is 1. The van der Waals surface area contributed by atoms with Gasteiger partial charge in [-0.1, -0.05) is 0 Å². The Morgan fingerprint density at radius 1 is 1.30 bits per heavy atom. The maximum atomic E-state index is 10.2. The SMILES string of the molecule is NCC(=O)OCOC(N)=O. The Balaban J connectivity index is 3.20. The number of ether oxygens (including phenoxy) is 2. The fraction of sp³-hybridized carbons (Fsp3) is 0.500. The molecule has 0 heterocycles. The number of hydrogen-bond donors (Lipinski definition) is 2. The van der Waals surface area contributed by atoms with Gasteiger partial charge in [0.25, 0.3) is 0 Å². The van der Waals surface area contributed by atoms with Crippen LogP contribution in [0.3, 0.4) is 0 Å². The Hall–Kier alpha value is -1.30. The highest BCUT2D eigenvalue weighted by Gasteiger charge is 1.98. The molecule has 0 saturated heterocycles. The van der Waals surface area contributed by atoms with Crippen LogP contribution in [0.25, 0.3) is 0 Å². The molecule has 6 nitrogen and oxygen atoms in total. The summed E-state index contributed by atoms with van der Waals surface area (Å²) in [5, 5.41) is 0. The van der Waals surface area contributed by atoms with E-state index >= 15 is 0 Å². The van der Waals surface area contributed by atoms with Crippen LogP contribution in [0.5, 0.6) is 0 Å². The first-order chi connectivity index (χ1) is 4.66. The molecule has 0 radical (unpaired) electrons. The summed E-state index contributed by atoms with van der Waals surface area (Å²) in [6.45, 7) is -0.729. The smallest absolute Gasteiger partial charge is 0.407 e. The molecule has 0 aliphatic heterocycles. The van der Waals surface area contributed by atoms with Crippen molar-refractivity contribution in [2.75, 3.05) is 13.3 Å². The molecule has 6 heteroatoms. The lowest BCUT2D eigenvalue weighted by atomic mass is 10.7. The number of nitrogens with two attached hydrogens (primary N) is 2. The van der Waals surface area contributed by atoms with E-state index in [4.69, 9.17) is 5.73 Å². The van der Waals surface area contributed by atoms with Gasteiger partial charge in [0.2, 0.25) is 6.79 Å². The van der Waals surface area contributed by atoms with E-state index in [1.54, 1.807) is 0 Å². The molecule has 0 aliphatic rings. The minimum absolute atomic E-state index is 0.248. The van der Waals surface area contributed by atoms with Crippen molar-refractivity contribution in [3.8, 4) is 0 Å². The van der Waals surface area contributed by atoms with Gasteiger partial charge in [0.05, 0.1) is 6.54 Å². The molecule has 0 spiro atoms. The van der Waals surface area contributed by atoms with E-state index in [0.29, 0.717) is 0 Å². The summed E-state index contributed by atoms with van der Waals surface area (Å²) in [5.74, 6) is -0.652. The second-order valence-electron chi connectivity index (χ2n) is 1.30. The van der Waals surface area contributed by atoms with Crippen molar-refractivity contribution in [1.82, 2.24) is 0 Å². The molecule has 1 amide bonds. The summed E-state index contributed by atoms with van der Waals surface area (Å²) in [7, 11) is 0. The van der Waals surface area contributed by atoms with Crippen LogP contribution in [-0.2, 0) is 14.3 Å². The second kappa shape index (κ2) is 4.57. The van der Waals surface area contributed by atoms with Crippen LogP contribution in [0.2, 0.25) is 0 Å². The van der Waals surface area contributed by atoms with Gasteiger partial charge in [-0.3, -0.25) is 4.79 Å². The van der Waals surface area contributed by atoms with Crippen LogP contribution < -0.4 is 11.5 Å². The highest BCUT2D eigenvalue weighted by molar-refractivity contribution is 5.71. The standard InChI is InChI=1S/C4H8N2O4/c5-1-3(7)9-2-10-4(6)8/h1-2,5H2,(H2,6,8). The van der Waals surface area contributed by atoms with E-state index in [2.05, 4.69) is 15.2 Å². The van der Waals surface area contributed by atoms with Crippen LogP contribution >= 0.6 is 0 Å². The predicted octanol–water partition coefficient (Wildman–Crippen LogP) is -1.46. The monoisotopic (exact) mass is 148 g/mol. The lowest BCUT2D eigenvalue weighted by Crippen LogP contribution is -2.21. The van der Waals surface area contributed by atoms with Crippen molar-refractivity contribution < 1.29 is 19.1 Å². The van der Waals surface area contributed by atoms with Gasteiger partial charge in [0, 0.05) is 0 Å². The molecule has 0 saturated carbocycles. The molecule has 0 rings (SSSR count). The number of rotatable bonds is 3. The molecule has 0 aliphatic carbocycles. The third kappa shape index (κ3) is 4.85. The Morgan fingerprint density at radius 3 is 2.30 bits per heavy atom. The van der Waals surface area contributed by atoms with Gasteiger partial charge in [-0.05, 0) is 0 Å². The molecule has 0 bridgehead atoms. The van der Waals surface area contributed by atoms with Gasteiger partial charge in [0.15, 0.2) is 0 Å². The zero-order valence-corrected chi connectivity index (χ0v) is 5.20. The van der Waals surface area contributed by atoms with Crippen molar-refractivity contribution in [3.63, 3.8) is 0 Å². The average Bonchev–Trinajstić information content (AvgIpc) is 1.87. The molecular formula is C4H8N2O4. The highest BCUT2D eigenvalue weighted by Crippen LogP contribution is 1.77. The normalized spacial score (nSPS) is 8.50. The van der Waals surface area contributed by atoms with Crippen LogP contribution in [0.1, 0.15) is 0 Å². The molecule has 58 valence electrons. The Morgan fingerprint density at radius 2 is 1.90 bits per heavy atom. The Kier molecular flexibility index (Phi) is 3.97. The summed E-state index contributed by atoms with van der Waals surface area (Å²) in [5.41, 5.74) is 9.38. The van der Waals surface area contributed by atoms with Gasteiger partial charge in [0.1, 0.15) is 0 Å². The van der Waals surface area contributed by atoms with Gasteiger partial charge >= 0.3 is 12.1 Å². The molecule has 0 aromatic rings. The van der Waals surface area contributed by atoms with E-state index in [0.717, 1.165) is 0 Å². The quantitative estimate of drug-likeness (QED) is 0.376. The van der Waals surface area contributed by atoms with Gasteiger partial charge in [-0.25, -0.2) is 4.79 Å². The molecule has 0 aromatic carbocycles. The lowest BCUT2D eigenvalue weighted by molar-refractivity contribution is -0.149. The molecule has 0 aromatic heterocycles. The minimum atomic E-state index is -0.996. The summed E-state index contributed by atoms with van der Waals surface area (Å²) in [6, 6.07) is 0. The lowest BCUT2D eigenvalue weighted by Gasteiger charge is -2.00. The third-order valence-electron chi connectivity index (χ3n) is 0.588. The number of primary amides is 1. The van der Waals surface area contributed by atoms with Crippen molar-refractivity contribution in [2.24, 2.45) is 11.5 Å². The fourth-order valence-corrected chi connectivity index (χ4v) is 0.212. The first-order valence-electron chi connectivity index (χ1n) is 2.44. The number of amides is 1. The van der Waals surface area contributed by atoms with Crippen molar-refractivity contribution in [1.29, 1.82) is 0 Å². The first-order valence-corrected chi connectivity index (χ1v) is 2.44. The minimum Gasteiger partial charge on any atom is -0.427 e. The molecule has 4 N–H and O–H groups in total. The van der Waals surface area contributed by atoms with Crippen molar-refractivity contribution in [3.05, 3.63) is 0 Å². The van der Waals surface area contributed by atoms with E-state index < -0.39 is 18.9 Å². The zero-order valence-electron chi connectivity index (χ0n) is 5.20. The Bertz CT molecular complexity index is 135. The zero-order chi connectivity index (χ0) is 7.98. The topological polar surface area (TPSA) is 105 Å². The molecule has 0 unspecified atom stereocenters. The summed E-state index contributed by atoms with van der Waals surface area (Å²) in [4.78, 5) is 20.1. The summed E-state index contributed by atoms with van der Waals surface area (Å²) >= 11 is 0. The van der Waals surface area contributed by atoms with E-state index in [9.17, 15) is 9.59 Å². The second-order valence-corrected chi connectivity index (χ2v) is 1.30. The Labute approximate surface area is 57.1 Å². The average molecular weight is 148 g/mol. The third-order valence-corrected chi connectivity index (χ3v) is 0.588. The summed E-state index contributed by atoms with van der Waals surface area (Å²) in [6.07, 6.45) is -0.996. The van der Waals surface area contributed by atoms with E-state index in [-0.39, 0.29) is 6.54 Å². The van der Waals surface area contributed by atoms with Crippen LogP contribution in [0, 0.1) is 0 Å². The largest absolute Gasteiger partial charge is 0.427 e. The number of carbonyl (C=O) groups excluding carboxylic acids is 2. The maximum absolute atomic E-state index is 10.2. The van der Waals surface area contributed by atoms with Gasteiger partial charge in [-0.2, -0.15) is 0 Å². The maximum Gasteiger partial charge on any atom is 0.407 e. The fourth-order valence-electron chi connectivity index (χ4n) is 0.212. The number of hydrogen-bond acceptors (Lipinski definition) is 5. The van der Waals surface area contributed by atoms with Gasteiger partial charge < -0.3 is 20.9 Å². The van der Waals surface area contributed by atoms with Crippen LogP contribution in [0.4, 0.5) is 4.79 Å². The van der Waals surface area contributed by atoms with Crippen LogP contribution in [-0.4, -0.2) is 25.4 Å².